The number of benzene rings is 2. The minimum Gasteiger partial charge on any atom is -0.419 e. The zero-order valence-electron chi connectivity index (χ0n) is 19.9. The van der Waals surface area contributed by atoms with Gasteiger partial charge in [0.1, 0.15) is 0 Å². The van der Waals surface area contributed by atoms with Crippen LogP contribution in [0.15, 0.2) is 72.4 Å². The van der Waals surface area contributed by atoms with Crippen LogP contribution >= 0.6 is 0 Å². The molecule has 0 atom stereocenters. The maximum atomic E-state index is 12.9. The monoisotopic (exact) mass is 475 g/mol. The summed E-state index contributed by atoms with van der Waals surface area (Å²) in [5.74, 6) is -2.80. The number of nitrogens with zero attached hydrogens (tertiary/aromatic N) is 2. The quantitative estimate of drug-likeness (QED) is 0.390. The molecule has 35 heavy (non-hydrogen) atoms. The first-order chi connectivity index (χ1) is 16.8. The summed E-state index contributed by atoms with van der Waals surface area (Å²) in [6.07, 6.45) is 5.52. The average molecular weight is 476 g/mol. The Morgan fingerprint density at radius 1 is 0.943 bits per heavy atom. The summed E-state index contributed by atoms with van der Waals surface area (Å²) in [6, 6.07) is 17.1. The van der Waals surface area contributed by atoms with Gasteiger partial charge in [0.2, 0.25) is 0 Å². The van der Waals surface area contributed by atoms with Crippen LogP contribution in [0.25, 0.3) is 6.08 Å². The van der Waals surface area contributed by atoms with Crippen molar-refractivity contribution in [2.24, 2.45) is 0 Å². The summed E-state index contributed by atoms with van der Waals surface area (Å²) in [5.41, 5.74) is 2.16. The molecule has 0 unspecified atom stereocenters. The van der Waals surface area contributed by atoms with Crippen LogP contribution in [0, 0.1) is 0 Å². The molecule has 8 heteroatoms. The van der Waals surface area contributed by atoms with Crippen molar-refractivity contribution in [1.29, 1.82) is 0 Å². The molecule has 2 saturated heterocycles. The molecule has 0 bridgehead atoms. The van der Waals surface area contributed by atoms with Gasteiger partial charge in [0.05, 0.1) is 0 Å². The maximum absolute atomic E-state index is 12.9. The van der Waals surface area contributed by atoms with Gasteiger partial charge >= 0.3 is 11.9 Å². The van der Waals surface area contributed by atoms with E-state index in [0.29, 0.717) is 24.3 Å². The van der Waals surface area contributed by atoms with Crippen LogP contribution in [0.1, 0.15) is 29.8 Å². The number of anilines is 1. The van der Waals surface area contributed by atoms with Crippen LogP contribution in [-0.4, -0.2) is 66.2 Å². The van der Waals surface area contributed by atoms with Crippen LogP contribution in [0.5, 0.6) is 0 Å². The lowest BCUT2D eigenvalue weighted by atomic mass is 10.1. The molecule has 2 aromatic rings. The van der Waals surface area contributed by atoms with E-state index in [0.717, 1.165) is 19.6 Å². The Balaban J connectivity index is 1.27. The molecule has 2 aromatic carbocycles. The summed E-state index contributed by atoms with van der Waals surface area (Å²) in [7, 11) is 0. The van der Waals surface area contributed by atoms with E-state index in [2.05, 4.69) is 34.5 Å². The molecule has 0 aliphatic carbocycles. The Bertz CT molecular complexity index is 1110. The van der Waals surface area contributed by atoms with Crippen LogP contribution in [0.3, 0.4) is 0 Å². The summed E-state index contributed by atoms with van der Waals surface area (Å²) < 4.78 is 10.1. The Morgan fingerprint density at radius 2 is 1.57 bits per heavy atom. The highest BCUT2D eigenvalue weighted by Crippen LogP contribution is 2.23. The van der Waals surface area contributed by atoms with Crippen LogP contribution in [0.2, 0.25) is 0 Å². The van der Waals surface area contributed by atoms with Gasteiger partial charge < -0.3 is 19.7 Å². The molecule has 0 aromatic heterocycles. The van der Waals surface area contributed by atoms with E-state index >= 15 is 0 Å². The second kappa shape index (κ2) is 10.6. The van der Waals surface area contributed by atoms with E-state index in [1.807, 2.05) is 23.1 Å². The minimum atomic E-state index is -1.28. The lowest BCUT2D eigenvalue weighted by molar-refractivity contribution is -0.222. The Morgan fingerprint density at radius 3 is 2.20 bits per heavy atom. The van der Waals surface area contributed by atoms with Gasteiger partial charge in [-0.25, -0.2) is 9.59 Å². The number of nitrogens with one attached hydrogen (secondary N) is 1. The van der Waals surface area contributed by atoms with Crippen molar-refractivity contribution < 1.29 is 23.9 Å². The highest BCUT2D eigenvalue weighted by Gasteiger charge is 2.38. The van der Waals surface area contributed by atoms with Gasteiger partial charge in [-0.1, -0.05) is 42.5 Å². The van der Waals surface area contributed by atoms with E-state index in [-0.39, 0.29) is 11.5 Å². The molecule has 0 spiro atoms. The molecule has 2 fully saturated rings. The predicted octanol–water partition coefficient (Wildman–Crippen LogP) is 3.29. The number of carbonyl (C=O) groups is 3. The van der Waals surface area contributed by atoms with Crippen LogP contribution < -0.4 is 5.32 Å². The van der Waals surface area contributed by atoms with Gasteiger partial charge in [-0.2, -0.15) is 0 Å². The molecular weight excluding hydrogens is 446 g/mol. The molecule has 1 amide bonds. The molecule has 2 aliphatic rings. The summed E-state index contributed by atoms with van der Waals surface area (Å²) in [5, 5.41) is 2.88. The first-order valence-corrected chi connectivity index (χ1v) is 11.6. The van der Waals surface area contributed by atoms with Crippen molar-refractivity contribution in [3.63, 3.8) is 0 Å². The van der Waals surface area contributed by atoms with E-state index in [1.165, 1.54) is 25.6 Å². The van der Waals surface area contributed by atoms with Crippen LogP contribution in [0.4, 0.5) is 5.69 Å². The van der Waals surface area contributed by atoms with Gasteiger partial charge in [-0.15, -0.1) is 0 Å². The number of amides is 1. The predicted molar refractivity (Wildman–Crippen MR) is 132 cm³/mol. The number of hydrogen-bond donors (Lipinski definition) is 1. The third-order valence-corrected chi connectivity index (χ3v) is 5.76. The highest BCUT2D eigenvalue weighted by molar-refractivity contribution is 6.15. The van der Waals surface area contributed by atoms with Gasteiger partial charge in [-0.05, 0) is 29.8 Å². The summed E-state index contributed by atoms with van der Waals surface area (Å²) in [6.45, 7) is 6.82. The van der Waals surface area contributed by atoms with Crippen LogP contribution in [-0.2, 0) is 19.1 Å². The van der Waals surface area contributed by atoms with Gasteiger partial charge in [0.25, 0.3) is 11.7 Å². The number of hydrogen-bond acceptors (Lipinski definition) is 7. The maximum Gasteiger partial charge on any atom is 0.350 e. The molecule has 0 saturated carbocycles. The first-order valence-electron chi connectivity index (χ1n) is 11.6. The summed E-state index contributed by atoms with van der Waals surface area (Å²) >= 11 is 0. The normalized spacial score (nSPS) is 18.2. The average Bonchev–Trinajstić information content (AvgIpc) is 2.84. The number of esters is 2. The molecular formula is C27H29N3O5. The number of cyclic esters (lactones) is 2. The molecule has 0 radical (unpaired) electrons. The van der Waals surface area contributed by atoms with Crippen molar-refractivity contribution in [2.45, 2.75) is 19.6 Å². The largest absolute Gasteiger partial charge is 0.419 e. The molecule has 4 rings (SSSR count). The first kappa shape index (κ1) is 24.2. The Kier molecular flexibility index (Phi) is 7.31. The topological polar surface area (TPSA) is 88.2 Å². The zero-order valence-corrected chi connectivity index (χ0v) is 19.9. The van der Waals surface area contributed by atoms with Crippen molar-refractivity contribution in [1.82, 2.24) is 9.80 Å². The van der Waals surface area contributed by atoms with Crippen molar-refractivity contribution in [2.75, 3.05) is 38.0 Å². The summed E-state index contributed by atoms with van der Waals surface area (Å²) in [4.78, 5) is 41.1. The van der Waals surface area contributed by atoms with E-state index in [9.17, 15) is 14.4 Å². The lowest BCUT2D eigenvalue weighted by Gasteiger charge is -2.34. The fourth-order valence-corrected chi connectivity index (χ4v) is 3.86. The van der Waals surface area contributed by atoms with E-state index in [1.54, 1.807) is 24.3 Å². The molecule has 1 N–H and O–H groups in total. The fourth-order valence-electron chi connectivity index (χ4n) is 3.86. The van der Waals surface area contributed by atoms with Crippen molar-refractivity contribution in [3.05, 3.63) is 83.6 Å². The third kappa shape index (κ3) is 6.36. The lowest BCUT2D eigenvalue weighted by Crippen LogP contribution is -2.48. The van der Waals surface area contributed by atoms with Gasteiger partial charge in [0, 0.05) is 64.0 Å². The van der Waals surface area contributed by atoms with E-state index < -0.39 is 17.7 Å². The third-order valence-electron chi connectivity index (χ3n) is 5.76. The molecule has 2 heterocycles. The molecule has 182 valence electrons. The molecule has 8 nitrogen and oxygen atoms in total. The minimum absolute atomic E-state index is 0.0175. The number of carbonyl (C=O) groups excluding carboxylic acids is 3. The molecule has 2 aliphatic heterocycles. The number of piperazine rings is 1. The van der Waals surface area contributed by atoms with Gasteiger partial charge in [-0.3, -0.25) is 9.69 Å². The second-order valence-corrected chi connectivity index (χ2v) is 8.86. The fraction of sp³-hybridized carbons (Fsp3) is 0.296. The standard InChI is InChI=1S/C27H29N3O5/c1-27(2)34-25(32)23(26(33)35-27)19-28-22-12-10-21(11-13-22)24(31)30-17-15-29(16-18-30)14-6-9-20-7-4-3-5-8-20/h3-13,19,28H,14-18H2,1-2H3. The zero-order chi connectivity index (χ0) is 24.8. The number of ether oxygens (including phenoxy) is 2. The van der Waals surface area contributed by atoms with Crippen molar-refractivity contribution >= 4 is 29.6 Å². The van der Waals surface area contributed by atoms with E-state index in [4.69, 9.17) is 9.47 Å². The SMILES string of the molecule is CC1(C)OC(=O)C(=CNc2ccc(C(=O)N3CCN(CC=Cc4ccccc4)CC3)cc2)C(=O)O1. The van der Waals surface area contributed by atoms with Crippen molar-refractivity contribution in [3.8, 4) is 0 Å². The Labute approximate surface area is 204 Å². The Hall–Kier alpha value is -3.91. The highest BCUT2D eigenvalue weighted by atomic mass is 16.7. The smallest absolute Gasteiger partial charge is 0.350 e. The number of rotatable bonds is 6. The second-order valence-electron chi connectivity index (χ2n) is 8.86. The van der Waals surface area contributed by atoms with Gasteiger partial charge in [0.15, 0.2) is 5.57 Å².